The van der Waals surface area contributed by atoms with Gasteiger partial charge in [0.2, 0.25) is 0 Å². The molecule has 0 atom stereocenters. The fourth-order valence-electron chi connectivity index (χ4n) is 1.34. The number of alkyl halides is 1. The molecule has 0 N–H and O–H groups in total. The fraction of sp³-hybridized carbons (Fsp3) is 0.750. The van der Waals surface area contributed by atoms with Gasteiger partial charge in [0.25, 0.3) is 0 Å². The molecule has 0 spiro atoms. The Morgan fingerprint density at radius 2 is 1.78 bits per heavy atom. The average molecular weight is 189 g/mol. The van der Waals surface area contributed by atoms with Crippen LogP contribution in [0.1, 0.15) is 32.1 Å². The first-order valence-electron chi connectivity index (χ1n) is 3.59. The van der Waals surface area contributed by atoms with Crippen LogP contribution in [0.2, 0.25) is 0 Å². The summed E-state index contributed by atoms with van der Waals surface area (Å²) in [6.07, 6.45) is 8.72. The van der Waals surface area contributed by atoms with Gasteiger partial charge in [0.1, 0.15) is 0 Å². The van der Waals surface area contributed by atoms with Crippen molar-refractivity contribution in [3.63, 3.8) is 0 Å². The van der Waals surface area contributed by atoms with Gasteiger partial charge in [0, 0.05) is 4.32 Å². The zero-order valence-corrected chi connectivity index (χ0v) is 7.28. The fourth-order valence-corrected chi connectivity index (χ4v) is 1.90. The summed E-state index contributed by atoms with van der Waals surface area (Å²) in [6, 6.07) is 0. The van der Waals surface area contributed by atoms with E-state index < -0.39 is 0 Å². The summed E-state index contributed by atoms with van der Waals surface area (Å²) in [4.78, 5) is 0. The van der Waals surface area contributed by atoms with E-state index in [0.717, 1.165) is 0 Å². The molecular weight excluding hydrogens is 176 g/mol. The molecule has 1 saturated carbocycles. The first-order valence-corrected chi connectivity index (χ1v) is 4.39. The minimum absolute atomic E-state index is 0.297. The molecule has 52 valence electrons. The van der Waals surface area contributed by atoms with Gasteiger partial charge in [0.05, 0.1) is 0 Å². The van der Waals surface area contributed by atoms with Gasteiger partial charge in [-0.3, -0.25) is 0 Å². The van der Waals surface area contributed by atoms with Crippen LogP contribution in [0.4, 0.5) is 0 Å². The van der Waals surface area contributed by atoms with Gasteiger partial charge < -0.3 is 0 Å². The number of hydrogen-bond donors (Lipinski definition) is 0. The van der Waals surface area contributed by atoms with E-state index in [4.69, 9.17) is 0 Å². The van der Waals surface area contributed by atoms with Crippen LogP contribution in [-0.2, 0) is 0 Å². The molecule has 0 saturated heterocycles. The molecule has 0 radical (unpaired) electrons. The van der Waals surface area contributed by atoms with Crippen molar-refractivity contribution >= 4 is 15.9 Å². The number of halogens is 1. The van der Waals surface area contributed by atoms with Crippen molar-refractivity contribution in [2.75, 3.05) is 0 Å². The van der Waals surface area contributed by atoms with E-state index in [1.54, 1.807) is 0 Å². The first-order chi connectivity index (χ1) is 4.27. The van der Waals surface area contributed by atoms with Crippen LogP contribution < -0.4 is 0 Å². The smallest absolute Gasteiger partial charge is 0.0434 e. The van der Waals surface area contributed by atoms with Crippen LogP contribution in [0.5, 0.6) is 0 Å². The quantitative estimate of drug-likeness (QED) is 0.438. The molecule has 0 nitrogen and oxygen atoms in total. The molecule has 0 aromatic rings. The molecule has 1 fully saturated rings. The van der Waals surface area contributed by atoms with Gasteiger partial charge in [-0.15, -0.1) is 6.58 Å². The molecule has 0 aliphatic heterocycles. The standard InChI is InChI=1S/C8H13Br/c1-2-8(9)6-4-3-5-7-8/h2H,1,3-7H2. The summed E-state index contributed by atoms with van der Waals surface area (Å²) in [7, 11) is 0. The predicted octanol–water partition coefficient (Wildman–Crippen LogP) is 3.27. The van der Waals surface area contributed by atoms with Crippen molar-refractivity contribution < 1.29 is 0 Å². The third-order valence-corrected chi connectivity index (χ3v) is 3.17. The van der Waals surface area contributed by atoms with Crippen LogP contribution in [-0.4, -0.2) is 4.32 Å². The summed E-state index contributed by atoms with van der Waals surface area (Å²) in [5.74, 6) is 0. The number of hydrogen-bond acceptors (Lipinski definition) is 0. The summed E-state index contributed by atoms with van der Waals surface area (Å²) < 4.78 is 0.297. The highest BCUT2D eigenvalue weighted by Gasteiger charge is 2.24. The molecule has 1 aliphatic rings. The maximum atomic E-state index is 3.81. The van der Waals surface area contributed by atoms with Crippen molar-refractivity contribution in [3.05, 3.63) is 12.7 Å². The van der Waals surface area contributed by atoms with Crippen molar-refractivity contribution in [1.29, 1.82) is 0 Å². The number of allylic oxidation sites excluding steroid dienone is 1. The highest BCUT2D eigenvalue weighted by molar-refractivity contribution is 9.10. The first kappa shape index (κ1) is 7.33. The van der Waals surface area contributed by atoms with Crippen LogP contribution >= 0.6 is 15.9 Å². The van der Waals surface area contributed by atoms with Gasteiger partial charge >= 0.3 is 0 Å². The van der Waals surface area contributed by atoms with E-state index in [1.165, 1.54) is 32.1 Å². The second-order valence-electron chi connectivity index (χ2n) is 2.80. The van der Waals surface area contributed by atoms with Crippen LogP contribution in [0.3, 0.4) is 0 Å². The van der Waals surface area contributed by atoms with Gasteiger partial charge in [-0.05, 0) is 12.8 Å². The molecule has 1 aliphatic carbocycles. The molecule has 0 aromatic heterocycles. The van der Waals surface area contributed by atoms with E-state index in [2.05, 4.69) is 22.5 Å². The third kappa shape index (κ3) is 1.82. The lowest BCUT2D eigenvalue weighted by atomic mass is 9.89. The Labute approximate surface area is 65.5 Å². The topological polar surface area (TPSA) is 0 Å². The number of rotatable bonds is 1. The van der Waals surface area contributed by atoms with Gasteiger partial charge in [-0.25, -0.2) is 0 Å². The van der Waals surface area contributed by atoms with E-state index in [9.17, 15) is 0 Å². The zero-order valence-electron chi connectivity index (χ0n) is 5.70. The summed E-state index contributed by atoms with van der Waals surface area (Å²) in [5.41, 5.74) is 0. The Balaban J connectivity index is 2.46. The molecule has 0 heterocycles. The maximum absolute atomic E-state index is 3.81. The Morgan fingerprint density at radius 1 is 1.22 bits per heavy atom. The lowest BCUT2D eigenvalue weighted by molar-refractivity contribution is 0.460. The summed E-state index contributed by atoms with van der Waals surface area (Å²) >= 11 is 3.68. The van der Waals surface area contributed by atoms with Crippen molar-refractivity contribution in [2.24, 2.45) is 0 Å². The van der Waals surface area contributed by atoms with Crippen LogP contribution in [0, 0.1) is 0 Å². The molecule has 9 heavy (non-hydrogen) atoms. The molecule has 0 amide bonds. The minimum Gasteiger partial charge on any atom is -0.102 e. The molecule has 1 heteroatoms. The largest absolute Gasteiger partial charge is 0.102 e. The molecule has 0 bridgehead atoms. The van der Waals surface area contributed by atoms with E-state index in [1.807, 2.05) is 6.08 Å². The third-order valence-electron chi connectivity index (χ3n) is 2.05. The molecule has 1 rings (SSSR count). The Hall–Kier alpha value is 0.220. The van der Waals surface area contributed by atoms with Crippen molar-refractivity contribution in [1.82, 2.24) is 0 Å². The van der Waals surface area contributed by atoms with E-state index >= 15 is 0 Å². The van der Waals surface area contributed by atoms with Gasteiger partial charge in [-0.1, -0.05) is 41.3 Å². The minimum atomic E-state index is 0.297. The van der Waals surface area contributed by atoms with Gasteiger partial charge in [0.15, 0.2) is 0 Å². The Morgan fingerprint density at radius 3 is 2.11 bits per heavy atom. The van der Waals surface area contributed by atoms with Crippen LogP contribution in [0.15, 0.2) is 12.7 Å². The van der Waals surface area contributed by atoms with Gasteiger partial charge in [-0.2, -0.15) is 0 Å². The normalized spacial score (nSPS) is 25.4. The summed E-state index contributed by atoms with van der Waals surface area (Å²) in [6.45, 7) is 3.81. The summed E-state index contributed by atoms with van der Waals surface area (Å²) in [5, 5.41) is 0. The zero-order chi connectivity index (χ0) is 6.74. The predicted molar refractivity (Wildman–Crippen MR) is 44.9 cm³/mol. The Bertz CT molecular complexity index is 101. The monoisotopic (exact) mass is 188 g/mol. The van der Waals surface area contributed by atoms with Crippen molar-refractivity contribution in [2.45, 2.75) is 36.4 Å². The highest BCUT2D eigenvalue weighted by Crippen LogP contribution is 2.36. The van der Waals surface area contributed by atoms with Crippen molar-refractivity contribution in [3.8, 4) is 0 Å². The maximum Gasteiger partial charge on any atom is 0.0434 e. The lowest BCUT2D eigenvalue weighted by Crippen LogP contribution is -2.20. The highest BCUT2D eigenvalue weighted by atomic mass is 79.9. The lowest BCUT2D eigenvalue weighted by Gasteiger charge is -2.27. The molecular formula is C8H13Br. The molecule has 0 aromatic carbocycles. The average Bonchev–Trinajstić information content (AvgIpc) is 1.90. The second kappa shape index (κ2) is 2.87. The SMILES string of the molecule is C=CC1(Br)CCCCC1. The molecule has 0 unspecified atom stereocenters. The van der Waals surface area contributed by atoms with Crippen LogP contribution in [0.25, 0.3) is 0 Å². The van der Waals surface area contributed by atoms with E-state index in [0.29, 0.717) is 4.32 Å². The Kier molecular flexibility index (Phi) is 2.34. The second-order valence-corrected chi connectivity index (χ2v) is 4.38. The van der Waals surface area contributed by atoms with E-state index in [-0.39, 0.29) is 0 Å².